The van der Waals surface area contributed by atoms with Crippen molar-refractivity contribution in [3.05, 3.63) is 28.8 Å². The minimum absolute atomic E-state index is 0.106. The summed E-state index contributed by atoms with van der Waals surface area (Å²) in [5.74, 6) is -2.52. The molecule has 0 bridgehead atoms. The third-order valence-corrected chi connectivity index (χ3v) is 3.96. The molecule has 0 spiro atoms. The quantitative estimate of drug-likeness (QED) is 0.920. The third kappa shape index (κ3) is 3.30. The van der Waals surface area contributed by atoms with E-state index < -0.39 is 30.4 Å². The Morgan fingerprint density at radius 3 is 2.68 bits per heavy atom. The Balaban J connectivity index is 2.29. The van der Waals surface area contributed by atoms with Gasteiger partial charge in [-0.05, 0) is 31.5 Å². The number of carboxylic acids is 1. The highest BCUT2D eigenvalue weighted by Crippen LogP contribution is 2.31. The van der Waals surface area contributed by atoms with Crippen LogP contribution < -0.4 is 4.74 Å². The number of ether oxygens (including phenoxy) is 1. The predicted molar refractivity (Wildman–Crippen MR) is 74.3 cm³/mol. The monoisotopic (exact) mass is 333 g/mol. The standard InChI is InChI=1S/C14H14ClF2NO4/c1-7-9(13(20)21)4-5-18(7)12(19)10-6-8(15)2-3-11(10)22-14(16)17/h2-3,6-7,9,14H,4-5H2,1H3,(H,20,21). The lowest BCUT2D eigenvalue weighted by Gasteiger charge is -2.24. The van der Waals surface area contributed by atoms with E-state index in [1.165, 1.54) is 23.1 Å². The van der Waals surface area contributed by atoms with Crippen LogP contribution in [0.1, 0.15) is 23.7 Å². The lowest BCUT2D eigenvalue weighted by Crippen LogP contribution is -2.37. The van der Waals surface area contributed by atoms with Gasteiger partial charge >= 0.3 is 12.6 Å². The Morgan fingerprint density at radius 2 is 2.14 bits per heavy atom. The van der Waals surface area contributed by atoms with Gasteiger partial charge in [0.05, 0.1) is 11.5 Å². The summed E-state index contributed by atoms with van der Waals surface area (Å²) in [4.78, 5) is 25.0. The van der Waals surface area contributed by atoms with Crippen molar-refractivity contribution in [2.24, 2.45) is 5.92 Å². The van der Waals surface area contributed by atoms with E-state index in [-0.39, 0.29) is 22.9 Å². The van der Waals surface area contributed by atoms with Crippen molar-refractivity contribution in [2.45, 2.75) is 26.0 Å². The minimum Gasteiger partial charge on any atom is -0.481 e. The topological polar surface area (TPSA) is 66.8 Å². The zero-order valence-corrected chi connectivity index (χ0v) is 12.4. The van der Waals surface area contributed by atoms with Gasteiger partial charge in [0.15, 0.2) is 0 Å². The molecule has 1 fully saturated rings. The summed E-state index contributed by atoms with van der Waals surface area (Å²) in [6, 6.07) is 3.23. The summed E-state index contributed by atoms with van der Waals surface area (Å²) in [6.07, 6.45) is 0.313. The molecule has 1 heterocycles. The maximum atomic E-state index is 12.5. The zero-order valence-electron chi connectivity index (χ0n) is 11.6. The Bertz CT molecular complexity index is 596. The fourth-order valence-electron chi connectivity index (χ4n) is 2.58. The fraction of sp³-hybridized carbons (Fsp3) is 0.429. The lowest BCUT2D eigenvalue weighted by molar-refractivity contribution is -0.142. The van der Waals surface area contributed by atoms with E-state index in [9.17, 15) is 18.4 Å². The molecular formula is C14H14ClF2NO4. The van der Waals surface area contributed by atoms with Crippen molar-refractivity contribution in [3.8, 4) is 5.75 Å². The van der Waals surface area contributed by atoms with Gasteiger partial charge in [-0.1, -0.05) is 11.6 Å². The number of carboxylic acid groups (broad SMARTS) is 1. The molecule has 8 heteroatoms. The van der Waals surface area contributed by atoms with Crippen LogP contribution in [-0.2, 0) is 4.79 Å². The second kappa shape index (κ2) is 6.48. The maximum Gasteiger partial charge on any atom is 0.387 e. The van der Waals surface area contributed by atoms with Crippen LogP contribution in [0.2, 0.25) is 5.02 Å². The summed E-state index contributed by atoms with van der Waals surface area (Å²) in [6.45, 7) is -1.23. The van der Waals surface area contributed by atoms with E-state index in [1.54, 1.807) is 6.92 Å². The SMILES string of the molecule is CC1C(C(=O)O)CCN1C(=O)c1cc(Cl)ccc1OC(F)F. The number of rotatable bonds is 4. The molecule has 2 rings (SSSR count). The van der Waals surface area contributed by atoms with Gasteiger partial charge in [0.25, 0.3) is 5.91 Å². The van der Waals surface area contributed by atoms with Crippen molar-refractivity contribution in [2.75, 3.05) is 6.54 Å². The van der Waals surface area contributed by atoms with E-state index in [0.29, 0.717) is 6.42 Å². The second-order valence-corrected chi connectivity index (χ2v) is 5.43. The summed E-state index contributed by atoms with van der Waals surface area (Å²) < 4.78 is 29.2. The number of hydrogen-bond acceptors (Lipinski definition) is 3. The first-order valence-electron chi connectivity index (χ1n) is 6.59. The number of alkyl halides is 2. The highest BCUT2D eigenvalue weighted by molar-refractivity contribution is 6.31. The number of amides is 1. The molecule has 0 radical (unpaired) electrons. The van der Waals surface area contributed by atoms with Crippen molar-refractivity contribution < 1.29 is 28.2 Å². The van der Waals surface area contributed by atoms with Gasteiger partial charge < -0.3 is 14.7 Å². The highest BCUT2D eigenvalue weighted by atomic mass is 35.5. The molecule has 2 unspecified atom stereocenters. The summed E-state index contributed by atoms with van der Waals surface area (Å²) in [5, 5.41) is 9.29. The molecule has 0 saturated carbocycles. The van der Waals surface area contributed by atoms with Crippen molar-refractivity contribution in [1.29, 1.82) is 0 Å². The average molecular weight is 334 g/mol. The number of aliphatic carboxylic acids is 1. The molecule has 1 aromatic carbocycles. The van der Waals surface area contributed by atoms with Gasteiger partial charge in [-0.3, -0.25) is 9.59 Å². The lowest BCUT2D eigenvalue weighted by atomic mass is 10.0. The number of benzene rings is 1. The molecule has 1 amide bonds. The van der Waals surface area contributed by atoms with E-state index in [0.717, 1.165) is 0 Å². The van der Waals surface area contributed by atoms with Crippen LogP contribution >= 0.6 is 11.6 Å². The molecular weight excluding hydrogens is 320 g/mol. The highest BCUT2D eigenvalue weighted by Gasteiger charge is 2.39. The van der Waals surface area contributed by atoms with Crippen LogP contribution in [0, 0.1) is 5.92 Å². The molecule has 1 N–H and O–H groups in total. The van der Waals surface area contributed by atoms with Crippen LogP contribution in [0.25, 0.3) is 0 Å². The molecule has 1 aromatic rings. The van der Waals surface area contributed by atoms with Gasteiger partial charge in [-0.15, -0.1) is 0 Å². The van der Waals surface area contributed by atoms with Crippen LogP contribution in [0.15, 0.2) is 18.2 Å². The van der Waals surface area contributed by atoms with Crippen molar-refractivity contribution >= 4 is 23.5 Å². The number of hydrogen-bond donors (Lipinski definition) is 1. The average Bonchev–Trinajstić information content (AvgIpc) is 2.81. The minimum atomic E-state index is -3.07. The largest absolute Gasteiger partial charge is 0.481 e. The molecule has 120 valence electrons. The molecule has 1 aliphatic rings. The molecule has 2 atom stereocenters. The Morgan fingerprint density at radius 1 is 1.45 bits per heavy atom. The molecule has 1 aliphatic heterocycles. The van der Waals surface area contributed by atoms with Gasteiger partial charge in [0.1, 0.15) is 5.75 Å². The number of nitrogens with zero attached hydrogens (tertiary/aromatic N) is 1. The molecule has 5 nitrogen and oxygen atoms in total. The fourth-order valence-corrected chi connectivity index (χ4v) is 2.75. The Kier molecular flexibility index (Phi) is 4.85. The van der Waals surface area contributed by atoms with E-state index in [1.807, 2.05) is 0 Å². The first-order chi connectivity index (χ1) is 10.3. The summed E-state index contributed by atoms with van der Waals surface area (Å²) in [7, 11) is 0. The first kappa shape index (κ1) is 16.5. The van der Waals surface area contributed by atoms with Gasteiger partial charge in [-0.2, -0.15) is 8.78 Å². The van der Waals surface area contributed by atoms with Crippen LogP contribution in [0.3, 0.4) is 0 Å². The normalized spacial score (nSPS) is 21.2. The van der Waals surface area contributed by atoms with Crippen LogP contribution in [-0.4, -0.2) is 41.1 Å². The number of carbonyl (C=O) groups is 2. The van der Waals surface area contributed by atoms with E-state index in [4.69, 9.17) is 16.7 Å². The van der Waals surface area contributed by atoms with E-state index >= 15 is 0 Å². The van der Waals surface area contributed by atoms with Crippen molar-refractivity contribution in [3.63, 3.8) is 0 Å². The van der Waals surface area contributed by atoms with Crippen LogP contribution in [0.4, 0.5) is 8.78 Å². The third-order valence-electron chi connectivity index (χ3n) is 3.72. The van der Waals surface area contributed by atoms with Crippen LogP contribution in [0.5, 0.6) is 5.75 Å². The molecule has 0 aromatic heterocycles. The zero-order chi connectivity index (χ0) is 16.4. The summed E-state index contributed by atoms with van der Waals surface area (Å²) in [5.41, 5.74) is -0.106. The molecule has 1 saturated heterocycles. The number of halogens is 3. The maximum absolute atomic E-state index is 12.5. The van der Waals surface area contributed by atoms with Gasteiger partial charge in [0.2, 0.25) is 0 Å². The Labute approximate surface area is 130 Å². The second-order valence-electron chi connectivity index (χ2n) is 4.99. The predicted octanol–water partition coefficient (Wildman–Crippen LogP) is 2.88. The van der Waals surface area contributed by atoms with Gasteiger partial charge in [0, 0.05) is 17.6 Å². The Hall–Kier alpha value is -1.89. The van der Waals surface area contributed by atoms with Gasteiger partial charge in [-0.25, -0.2) is 0 Å². The first-order valence-corrected chi connectivity index (χ1v) is 6.97. The molecule has 0 aliphatic carbocycles. The smallest absolute Gasteiger partial charge is 0.387 e. The van der Waals surface area contributed by atoms with Crippen molar-refractivity contribution in [1.82, 2.24) is 4.90 Å². The number of likely N-dealkylation sites (tertiary alicyclic amines) is 1. The number of carbonyl (C=O) groups excluding carboxylic acids is 1. The van der Waals surface area contributed by atoms with E-state index in [2.05, 4.69) is 4.74 Å². The molecule has 22 heavy (non-hydrogen) atoms. The summed E-state index contributed by atoms with van der Waals surface area (Å²) >= 11 is 5.81.